The van der Waals surface area contributed by atoms with Crippen LogP contribution in [0.2, 0.25) is 5.02 Å². The van der Waals surface area contributed by atoms with E-state index in [1.807, 2.05) is 18.7 Å². The van der Waals surface area contributed by atoms with Gasteiger partial charge in [-0.05, 0) is 54.8 Å². The van der Waals surface area contributed by atoms with E-state index in [0.29, 0.717) is 42.9 Å². The summed E-state index contributed by atoms with van der Waals surface area (Å²) in [6.07, 6.45) is 1.29. The molecule has 2 heterocycles. The molecule has 10 heteroatoms. The molecule has 1 amide bonds. The number of aryl methyl sites for hydroxylation is 1. The monoisotopic (exact) mass is 511 g/mol. The van der Waals surface area contributed by atoms with Crippen LogP contribution in [0.1, 0.15) is 18.1 Å². The molecule has 4 rings (SSSR count). The molecule has 1 aromatic heterocycles. The maximum Gasteiger partial charge on any atom is 0.318 e. The highest BCUT2D eigenvalue weighted by Gasteiger charge is 2.26. The van der Waals surface area contributed by atoms with Crippen molar-refractivity contribution in [3.05, 3.63) is 52.8 Å². The molecule has 8 nitrogen and oxygen atoms in total. The molecule has 0 saturated carbocycles. The second-order valence-corrected chi connectivity index (χ2v) is 8.56. The number of phenols is 1. The van der Waals surface area contributed by atoms with Gasteiger partial charge in [-0.15, -0.1) is 0 Å². The van der Waals surface area contributed by atoms with Crippen molar-refractivity contribution >= 4 is 34.2 Å². The third kappa shape index (κ3) is 5.19. The van der Waals surface area contributed by atoms with Crippen LogP contribution in [-0.2, 0) is 4.79 Å². The number of phenolic OH excluding ortho intramolecular Hbond substituents is 1. The summed E-state index contributed by atoms with van der Waals surface area (Å²) >= 11 is 6.60. The minimum absolute atomic E-state index is 0.0246. The number of piperazine rings is 1. The molecule has 2 aromatic carbocycles. The van der Waals surface area contributed by atoms with Gasteiger partial charge in [0.25, 0.3) is 0 Å². The molecule has 0 unspecified atom stereocenters. The van der Waals surface area contributed by atoms with Crippen molar-refractivity contribution in [2.75, 3.05) is 38.2 Å². The van der Waals surface area contributed by atoms with Gasteiger partial charge in [-0.3, -0.25) is 4.79 Å². The molecule has 1 saturated heterocycles. The van der Waals surface area contributed by atoms with Gasteiger partial charge >= 0.3 is 6.01 Å². The second kappa shape index (κ2) is 11.2. The summed E-state index contributed by atoms with van der Waals surface area (Å²) in [6, 6.07) is 6.53. The predicted molar refractivity (Wildman–Crippen MR) is 138 cm³/mol. The SMILES string of the molecule is C=CC(=O)N1CCN(c2nc(OC)nc3c(F)c(-c4cc(O)cc(C)c4C)c(Cl)cc23)CC1.CC#N. The highest BCUT2D eigenvalue weighted by molar-refractivity contribution is 6.34. The van der Waals surface area contributed by atoms with Gasteiger partial charge in [0, 0.05) is 44.1 Å². The maximum atomic E-state index is 15.9. The number of ether oxygens (including phenoxy) is 1. The van der Waals surface area contributed by atoms with Gasteiger partial charge in [-0.2, -0.15) is 15.2 Å². The fraction of sp³-hybridized carbons (Fsp3) is 0.308. The largest absolute Gasteiger partial charge is 0.508 e. The topological polar surface area (TPSA) is 103 Å². The first-order valence-electron chi connectivity index (χ1n) is 11.2. The van der Waals surface area contributed by atoms with Gasteiger partial charge in [0.2, 0.25) is 5.91 Å². The standard InChI is InChI=1S/C24H24ClFN4O3.C2H3N/c1-5-19(32)29-6-8-30(9-7-29)23-17-12-18(25)20(16-11-15(31)10-13(2)14(16)3)21(26)22(17)27-24(28-23)33-4;1-2-3/h5,10-12,31H,1,6-9H2,2-4H3;1H3. The van der Waals surface area contributed by atoms with E-state index in [1.165, 1.54) is 26.2 Å². The molecule has 0 bridgehead atoms. The molecule has 0 aliphatic carbocycles. The minimum atomic E-state index is -0.618. The van der Waals surface area contributed by atoms with Crippen LogP contribution in [0.25, 0.3) is 22.0 Å². The minimum Gasteiger partial charge on any atom is -0.508 e. The number of carbonyl (C=O) groups excluding carboxylic acids is 1. The van der Waals surface area contributed by atoms with E-state index in [1.54, 1.807) is 23.1 Å². The lowest BCUT2D eigenvalue weighted by Crippen LogP contribution is -2.48. The zero-order valence-electron chi connectivity index (χ0n) is 20.6. The maximum absolute atomic E-state index is 15.9. The summed E-state index contributed by atoms with van der Waals surface area (Å²) in [5.74, 6) is -0.237. The number of nitrogens with zero attached hydrogens (tertiary/aromatic N) is 5. The summed E-state index contributed by atoms with van der Waals surface area (Å²) in [7, 11) is 1.42. The number of methoxy groups -OCH3 is 1. The van der Waals surface area contributed by atoms with Crippen molar-refractivity contribution in [1.82, 2.24) is 14.9 Å². The van der Waals surface area contributed by atoms with Crippen molar-refractivity contribution in [2.45, 2.75) is 20.8 Å². The molecule has 188 valence electrons. The number of halogens is 2. The lowest BCUT2D eigenvalue weighted by atomic mass is 9.95. The number of aromatic nitrogens is 2. The van der Waals surface area contributed by atoms with Crippen LogP contribution in [-0.4, -0.2) is 59.2 Å². The lowest BCUT2D eigenvalue weighted by molar-refractivity contribution is -0.126. The Bertz CT molecular complexity index is 1360. The normalized spacial score (nSPS) is 13.0. The highest BCUT2D eigenvalue weighted by Crippen LogP contribution is 2.41. The Morgan fingerprint density at radius 2 is 1.89 bits per heavy atom. The first kappa shape index (κ1) is 26.7. The van der Waals surface area contributed by atoms with Crippen LogP contribution in [0.5, 0.6) is 11.8 Å². The van der Waals surface area contributed by atoms with Gasteiger partial charge in [0.05, 0.1) is 18.2 Å². The van der Waals surface area contributed by atoms with Crippen molar-refractivity contribution in [2.24, 2.45) is 0 Å². The number of amides is 1. The number of carbonyl (C=O) groups is 1. The second-order valence-electron chi connectivity index (χ2n) is 8.15. The van der Waals surface area contributed by atoms with Crippen LogP contribution in [0.3, 0.4) is 0 Å². The van der Waals surface area contributed by atoms with Gasteiger partial charge < -0.3 is 19.6 Å². The average molecular weight is 512 g/mol. The molecule has 1 aliphatic rings. The third-order valence-corrected chi connectivity index (χ3v) is 6.31. The van der Waals surface area contributed by atoms with Crippen LogP contribution in [0.4, 0.5) is 10.2 Å². The fourth-order valence-corrected chi connectivity index (χ4v) is 4.40. The molecule has 1 N–H and O–H groups in total. The van der Waals surface area contributed by atoms with Gasteiger partial charge in [-0.1, -0.05) is 18.2 Å². The van der Waals surface area contributed by atoms with Crippen LogP contribution in [0.15, 0.2) is 30.9 Å². The van der Waals surface area contributed by atoms with E-state index >= 15 is 4.39 Å². The van der Waals surface area contributed by atoms with Gasteiger partial charge in [-0.25, -0.2) is 4.39 Å². The Hall–Kier alpha value is -3.90. The van der Waals surface area contributed by atoms with Crippen molar-refractivity contribution in [3.63, 3.8) is 0 Å². The number of rotatable bonds is 4. The Labute approximate surface area is 214 Å². The Kier molecular flexibility index (Phi) is 8.33. The van der Waals surface area contributed by atoms with Crippen LogP contribution < -0.4 is 9.64 Å². The fourth-order valence-electron chi connectivity index (χ4n) is 4.11. The number of fused-ring (bicyclic) bond motifs is 1. The summed E-state index contributed by atoms with van der Waals surface area (Å²) in [5, 5.41) is 18.0. The van der Waals surface area contributed by atoms with E-state index in [0.717, 1.165) is 11.1 Å². The van der Waals surface area contributed by atoms with Gasteiger partial charge in [0.1, 0.15) is 17.1 Å². The molecule has 0 atom stereocenters. The van der Waals surface area contributed by atoms with Crippen molar-refractivity contribution in [1.29, 1.82) is 5.26 Å². The number of nitriles is 1. The van der Waals surface area contributed by atoms with Gasteiger partial charge in [0.15, 0.2) is 5.82 Å². The molecular weight excluding hydrogens is 485 g/mol. The van der Waals surface area contributed by atoms with E-state index in [2.05, 4.69) is 16.5 Å². The number of anilines is 1. The van der Waals surface area contributed by atoms with E-state index in [9.17, 15) is 9.90 Å². The summed E-state index contributed by atoms with van der Waals surface area (Å²) in [5.41, 5.74) is 2.34. The molecule has 0 spiro atoms. The number of hydrogen-bond acceptors (Lipinski definition) is 7. The van der Waals surface area contributed by atoms with Crippen molar-refractivity contribution < 1.29 is 19.0 Å². The average Bonchev–Trinajstić information content (AvgIpc) is 2.86. The lowest BCUT2D eigenvalue weighted by Gasteiger charge is -2.35. The first-order valence-corrected chi connectivity index (χ1v) is 11.6. The summed E-state index contributed by atoms with van der Waals surface area (Å²) < 4.78 is 21.2. The quantitative estimate of drug-likeness (QED) is 0.502. The molecular formula is C26H27ClFN5O3. The third-order valence-electron chi connectivity index (χ3n) is 6.01. The number of hydrogen-bond donors (Lipinski definition) is 1. The Balaban J connectivity index is 0.00000115. The molecule has 0 radical (unpaired) electrons. The van der Waals surface area contributed by atoms with Crippen molar-refractivity contribution in [3.8, 4) is 29.0 Å². The predicted octanol–water partition coefficient (Wildman–Crippen LogP) is 4.78. The zero-order chi connectivity index (χ0) is 26.6. The van der Waals surface area contributed by atoms with Crippen LogP contribution in [0, 0.1) is 31.0 Å². The van der Waals surface area contributed by atoms with Crippen LogP contribution >= 0.6 is 11.6 Å². The Morgan fingerprint density at radius 1 is 1.25 bits per heavy atom. The smallest absolute Gasteiger partial charge is 0.318 e. The molecule has 36 heavy (non-hydrogen) atoms. The summed E-state index contributed by atoms with van der Waals surface area (Å²) in [6.45, 7) is 10.6. The molecule has 1 fully saturated rings. The highest BCUT2D eigenvalue weighted by atomic mass is 35.5. The van der Waals surface area contributed by atoms with E-state index in [-0.39, 0.29) is 33.8 Å². The van der Waals surface area contributed by atoms with E-state index < -0.39 is 5.82 Å². The zero-order valence-corrected chi connectivity index (χ0v) is 21.4. The molecule has 1 aliphatic heterocycles. The van der Waals surface area contributed by atoms with E-state index in [4.69, 9.17) is 21.6 Å². The number of aromatic hydroxyl groups is 1. The number of benzene rings is 2. The molecule has 3 aromatic rings. The first-order chi connectivity index (χ1) is 17.2. The Morgan fingerprint density at radius 3 is 2.47 bits per heavy atom. The summed E-state index contributed by atoms with van der Waals surface area (Å²) in [4.78, 5) is 24.3.